The Bertz CT molecular complexity index is 750. The molecule has 0 aliphatic rings. The summed E-state index contributed by atoms with van der Waals surface area (Å²) in [6.07, 6.45) is 1.24. The van der Waals surface area contributed by atoms with Crippen molar-refractivity contribution in [2.45, 2.75) is 0 Å². The molecule has 2 rings (SSSR count). The summed E-state index contributed by atoms with van der Waals surface area (Å²) in [5.74, 6) is -1.03. The number of nitro groups is 1. The molecular formula is C13H8N4O4. The highest BCUT2D eigenvalue weighted by atomic mass is 16.6. The van der Waals surface area contributed by atoms with Crippen molar-refractivity contribution in [2.75, 3.05) is 5.32 Å². The van der Waals surface area contributed by atoms with Crippen molar-refractivity contribution >= 4 is 17.3 Å². The first-order chi connectivity index (χ1) is 10.0. The van der Waals surface area contributed by atoms with Gasteiger partial charge in [-0.2, -0.15) is 5.26 Å². The number of nitrogens with zero attached hydrogens (tertiary/aromatic N) is 3. The van der Waals surface area contributed by atoms with Crippen LogP contribution in [-0.2, 0) is 0 Å². The fourth-order valence-electron chi connectivity index (χ4n) is 1.52. The lowest BCUT2D eigenvalue weighted by Gasteiger charge is -2.06. The van der Waals surface area contributed by atoms with Crippen LogP contribution in [0.5, 0.6) is 5.75 Å². The van der Waals surface area contributed by atoms with E-state index in [1.54, 1.807) is 0 Å². The van der Waals surface area contributed by atoms with E-state index in [9.17, 15) is 20.0 Å². The molecule has 0 radical (unpaired) electrons. The minimum atomic E-state index is -0.659. The number of nitro benzene ring substituents is 1. The van der Waals surface area contributed by atoms with Crippen molar-refractivity contribution in [2.24, 2.45) is 0 Å². The molecule has 0 aliphatic carbocycles. The standard InChI is InChI=1S/C13H8N4O4/c14-6-8-1-3-11(15-7-8)13(19)16-10-4-2-9(17(20)21)5-12(10)18/h1-5,7,18H,(H,16,19). The van der Waals surface area contributed by atoms with Gasteiger partial charge in [0.25, 0.3) is 11.6 Å². The van der Waals surface area contributed by atoms with Crippen LogP contribution in [0, 0.1) is 21.4 Å². The Kier molecular flexibility index (Phi) is 3.76. The highest BCUT2D eigenvalue weighted by molar-refractivity contribution is 6.03. The number of phenols is 1. The maximum atomic E-state index is 11.9. The fourth-order valence-corrected chi connectivity index (χ4v) is 1.52. The molecule has 2 N–H and O–H groups in total. The average molecular weight is 284 g/mol. The third-order valence-electron chi connectivity index (χ3n) is 2.57. The van der Waals surface area contributed by atoms with Crippen molar-refractivity contribution in [1.29, 1.82) is 5.26 Å². The van der Waals surface area contributed by atoms with Gasteiger partial charge in [0, 0.05) is 12.3 Å². The number of non-ortho nitro benzene ring substituents is 1. The Hall–Kier alpha value is -3.47. The molecule has 0 saturated heterocycles. The number of rotatable bonds is 3. The SMILES string of the molecule is N#Cc1ccc(C(=O)Nc2ccc([N+](=O)[O-])cc2O)nc1. The number of benzene rings is 1. The van der Waals surface area contributed by atoms with E-state index in [0.29, 0.717) is 5.56 Å². The lowest BCUT2D eigenvalue weighted by atomic mass is 10.2. The molecule has 8 heteroatoms. The second kappa shape index (κ2) is 5.66. The van der Waals surface area contributed by atoms with E-state index in [-0.39, 0.29) is 17.1 Å². The van der Waals surface area contributed by atoms with Gasteiger partial charge in [0.1, 0.15) is 17.5 Å². The van der Waals surface area contributed by atoms with Crippen molar-refractivity contribution in [1.82, 2.24) is 4.98 Å². The molecule has 0 spiro atoms. The molecule has 0 bridgehead atoms. The molecule has 1 heterocycles. The zero-order valence-corrected chi connectivity index (χ0v) is 10.5. The molecule has 104 valence electrons. The number of nitriles is 1. The largest absolute Gasteiger partial charge is 0.506 e. The van der Waals surface area contributed by atoms with Crippen LogP contribution < -0.4 is 5.32 Å². The Labute approximate surface area is 118 Å². The van der Waals surface area contributed by atoms with Crippen LogP contribution in [0.25, 0.3) is 0 Å². The first-order valence-electron chi connectivity index (χ1n) is 5.66. The normalized spacial score (nSPS) is 9.67. The molecule has 0 saturated carbocycles. The van der Waals surface area contributed by atoms with Gasteiger partial charge in [-0.25, -0.2) is 4.98 Å². The summed E-state index contributed by atoms with van der Waals surface area (Å²) in [6.45, 7) is 0. The van der Waals surface area contributed by atoms with Gasteiger partial charge in [0.15, 0.2) is 0 Å². The molecule has 1 aromatic carbocycles. The van der Waals surface area contributed by atoms with E-state index in [4.69, 9.17) is 5.26 Å². The number of pyridine rings is 1. The number of carbonyl (C=O) groups is 1. The maximum absolute atomic E-state index is 11.9. The van der Waals surface area contributed by atoms with Gasteiger partial charge >= 0.3 is 0 Å². The number of hydrogen-bond donors (Lipinski definition) is 2. The highest BCUT2D eigenvalue weighted by Crippen LogP contribution is 2.28. The zero-order valence-electron chi connectivity index (χ0n) is 10.5. The van der Waals surface area contributed by atoms with Crippen LogP contribution in [0.4, 0.5) is 11.4 Å². The average Bonchev–Trinajstić information content (AvgIpc) is 2.49. The number of carbonyl (C=O) groups excluding carboxylic acids is 1. The maximum Gasteiger partial charge on any atom is 0.274 e. The smallest absolute Gasteiger partial charge is 0.274 e. The van der Waals surface area contributed by atoms with Crippen LogP contribution in [-0.4, -0.2) is 20.9 Å². The van der Waals surface area contributed by atoms with Crippen LogP contribution in [0.2, 0.25) is 0 Å². The van der Waals surface area contributed by atoms with E-state index in [1.807, 2.05) is 6.07 Å². The van der Waals surface area contributed by atoms with E-state index in [0.717, 1.165) is 12.1 Å². The zero-order chi connectivity index (χ0) is 15.4. The highest BCUT2D eigenvalue weighted by Gasteiger charge is 2.13. The molecule has 0 unspecified atom stereocenters. The fraction of sp³-hybridized carbons (Fsp3) is 0. The number of hydrogen-bond acceptors (Lipinski definition) is 6. The number of aromatic nitrogens is 1. The summed E-state index contributed by atoms with van der Waals surface area (Å²) in [4.78, 5) is 25.6. The molecule has 8 nitrogen and oxygen atoms in total. The van der Waals surface area contributed by atoms with Gasteiger partial charge in [0.05, 0.1) is 22.2 Å². The van der Waals surface area contributed by atoms with E-state index in [1.165, 1.54) is 24.4 Å². The second-order valence-corrected chi connectivity index (χ2v) is 3.96. The third-order valence-corrected chi connectivity index (χ3v) is 2.57. The summed E-state index contributed by atoms with van der Waals surface area (Å²) < 4.78 is 0. The number of nitrogens with one attached hydrogen (secondary N) is 1. The van der Waals surface area contributed by atoms with Crippen molar-refractivity contribution < 1.29 is 14.8 Å². The molecule has 0 atom stereocenters. The Morgan fingerprint density at radius 1 is 1.38 bits per heavy atom. The summed E-state index contributed by atoms with van der Waals surface area (Å²) in [5, 5.41) is 31.2. The van der Waals surface area contributed by atoms with Gasteiger partial charge < -0.3 is 10.4 Å². The number of anilines is 1. The van der Waals surface area contributed by atoms with Crippen LogP contribution in [0.15, 0.2) is 36.5 Å². The van der Waals surface area contributed by atoms with Crippen molar-refractivity contribution in [3.05, 3.63) is 57.9 Å². The van der Waals surface area contributed by atoms with Gasteiger partial charge in [-0.05, 0) is 18.2 Å². The molecule has 2 aromatic rings. The summed E-state index contributed by atoms with van der Waals surface area (Å²) in [7, 11) is 0. The van der Waals surface area contributed by atoms with Gasteiger partial charge in [-0.1, -0.05) is 0 Å². The summed E-state index contributed by atoms with van der Waals surface area (Å²) in [5.41, 5.74) is 0.0928. The molecule has 0 fully saturated rings. The monoisotopic (exact) mass is 284 g/mol. The Balaban J connectivity index is 2.19. The Morgan fingerprint density at radius 2 is 2.14 bits per heavy atom. The number of phenolic OH excluding ortho intramolecular Hbond substituents is 1. The number of aromatic hydroxyl groups is 1. The minimum absolute atomic E-state index is 0.0248. The van der Waals surface area contributed by atoms with Gasteiger partial charge in [-0.3, -0.25) is 14.9 Å². The molecule has 0 aliphatic heterocycles. The lowest BCUT2D eigenvalue weighted by Crippen LogP contribution is -2.13. The molecule has 1 amide bonds. The van der Waals surface area contributed by atoms with Crippen molar-refractivity contribution in [3.8, 4) is 11.8 Å². The molecule has 1 aromatic heterocycles. The third kappa shape index (κ3) is 3.10. The minimum Gasteiger partial charge on any atom is -0.506 e. The van der Waals surface area contributed by atoms with Gasteiger partial charge in [-0.15, -0.1) is 0 Å². The number of amides is 1. The first kappa shape index (κ1) is 14.0. The van der Waals surface area contributed by atoms with Crippen LogP contribution >= 0.6 is 0 Å². The van der Waals surface area contributed by atoms with Crippen LogP contribution in [0.1, 0.15) is 16.1 Å². The predicted molar refractivity (Wildman–Crippen MR) is 71.7 cm³/mol. The topological polar surface area (TPSA) is 129 Å². The lowest BCUT2D eigenvalue weighted by molar-refractivity contribution is -0.384. The second-order valence-electron chi connectivity index (χ2n) is 3.96. The van der Waals surface area contributed by atoms with E-state index >= 15 is 0 Å². The van der Waals surface area contributed by atoms with E-state index < -0.39 is 16.6 Å². The first-order valence-corrected chi connectivity index (χ1v) is 5.66. The molecular weight excluding hydrogens is 276 g/mol. The Morgan fingerprint density at radius 3 is 2.67 bits per heavy atom. The predicted octanol–water partition coefficient (Wildman–Crippen LogP) is 1.82. The molecule has 21 heavy (non-hydrogen) atoms. The summed E-state index contributed by atoms with van der Waals surface area (Å²) >= 11 is 0. The van der Waals surface area contributed by atoms with Crippen LogP contribution in [0.3, 0.4) is 0 Å². The van der Waals surface area contributed by atoms with E-state index in [2.05, 4.69) is 10.3 Å². The quantitative estimate of drug-likeness (QED) is 0.502. The van der Waals surface area contributed by atoms with Gasteiger partial charge in [0.2, 0.25) is 0 Å². The van der Waals surface area contributed by atoms with Crippen molar-refractivity contribution in [3.63, 3.8) is 0 Å². The summed E-state index contributed by atoms with van der Waals surface area (Å²) in [6, 6.07) is 7.96.